The maximum Gasteiger partial charge on any atom is 0.313 e. The molecule has 0 saturated heterocycles. The summed E-state index contributed by atoms with van der Waals surface area (Å²) < 4.78 is 1.01. The molecule has 1 aromatic heterocycles. The second kappa shape index (κ2) is 5.83. The minimum absolute atomic E-state index is 0.0682. The number of aliphatic carboxylic acids is 1. The molecule has 0 aliphatic carbocycles. The van der Waals surface area contributed by atoms with Crippen molar-refractivity contribution in [3.63, 3.8) is 0 Å². The van der Waals surface area contributed by atoms with E-state index in [1.165, 1.54) is 11.3 Å². The van der Waals surface area contributed by atoms with Gasteiger partial charge in [-0.25, -0.2) is 4.98 Å². The molecule has 0 radical (unpaired) electrons. The van der Waals surface area contributed by atoms with E-state index in [-0.39, 0.29) is 17.4 Å². The molecule has 7 heteroatoms. The number of hydrogen-bond donors (Lipinski definition) is 2. The highest BCUT2D eigenvalue weighted by Crippen LogP contribution is 2.21. The number of anilines is 1. The molecule has 0 bridgehead atoms. The number of nitrogens with zero attached hydrogens (tertiary/aromatic N) is 1. The maximum absolute atomic E-state index is 11.5. The molecule has 1 heterocycles. The van der Waals surface area contributed by atoms with E-state index in [0.717, 1.165) is 22.0 Å². The van der Waals surface area contributed by atoms with Crippen molar-refractivity contribution >= 4 is 50.9 Å². The zero-order chi connectivity index (χ0) is 13.0. The summed E-state index contributed by atoms with van der Waals surface area (Å²) in [6, 6.07) is 5.47. The average Bonchev–Trinajstić information content (AvgIpc) is 2.75. The highest BCUT2D eigenvalue weighted by atomic mass is 32.2. The van der Waals surface area contributed by atoms with Gasteiger partial charge in [-0.2, -0.15) is 0 Å². The van der Waals surface area contributed by atoms with Crippen molar-refractivity contribution in [2.24, 2.45) is 0 Å². The topological polar surface area (TPSA) is 79.3 Å². The molecule has 5 nitrogen and oxygen atoms in total. The normalized spacial score (nSPS) is 10.4. The molecule has 18 heavy (non-hydrogen) atoms. The number of carbonyl (C=O) groups is 2. The van der Waals surface area contributed by atoms with Gasteiger partial charge in [-0.3, -0.25) is 9.59 Å². The number of fused-ring (bicyclic) bond motifs is 1. The number of hydrogen-bond acceptors (Lipinski definition) is 5. The van der Waals surface area contributed by atoms with Crippen molar-refractivity contribution in [1.29, 1.82) is 0 Å². The Kier molecular flexibility index (Phi) is 4.16. The van der Waals surface area contributed by atoms with Crippen molar-refractivity contribution in [3.05, 3.63) is 23.7 Å². The zero-order valence-corrected chi connectivity index (χ0v) is 10.9. The van der Waals surface area contributed by atoms with Crippen LogP contribution in [0, 0.1) is 0 Å². The zero-order valence-electron chi connectivity index (χ0n) is 9.25. The Morgan fingerprint density at radius 2 is 2.22 bits per heavy atom. The van der Waals surface area contributed by atoms with Crippen LogP contribution in [0.15, 0.2) is 23.7 Å². The van der Waals surface area contributed by atoms with Gasteiger partial charge in [-0.1, -0.05) is 0 Å². The van der Waals surface area contributed by atoms with Gasteiger partial charge in [0.05, 0.1) is 27.2 Å². The minimum atomic E-state index is -0.918. The molecule has 0 atom stereocenters. The van der Waals surface area contributed by atoms with E-state index in [9.17, 15) is 9.59 Å². The first-order valence-electron chi connectivity index (χ1n) is 5.08. The highest BCUT2D eigenvalue weighted by Gasteiger charge is 2.05. The number of amides is 1. The second-order valence-corrected chi connectivity index (χ2v) is 5.34. The van der Waals surface area contributed by atoms with E-state index in [1.54, 1.807) is 11.6 Å². The number of thiazole rings is 1. The fourth-order valence-electron chi connectivity index (χ4n) is 1.36. The van der Waals surface area contributed by atoms with Crippen molar-refractivity contribution < 1.29 is 14.7 Å². The Balaban J connectivity index is 1.91. The molecule has 2 rings (SSSR count). The summed E-state index contributed by atoms with van der Waals surface area (Å²) in [5, 5.41) is 11.2. The van der Waals surface area contributed by atoms with Crippen LogP contribution in [0.3, 0.4) is 0 Å². The van der Waals surface area contributed by atoms with E-state index >= 15 is 0 Å². The van der Waals surface area contributed by atoms with E-state index in [1.807, 2.05) is 12.1 Å². The summed E-state index contributed by atoms with van der Waals surface area (Å²) in [6.07, 6.45) is 0. The van der Waals surface area contributed by atoms with Gasteiger partial charge in [-0.15, -0.1) is 23.1 Å². The van der Waals surface area contributed by atoms with Crippen LogP contribution in [0.25, 0.3) is 10.2 Å². The third-order valence-electron chi connectivity index (χ3n) is 2.07. The average molecular weight is 282 g/mol. The van der Waals surface area contributed by atoms with Crippen LogP contribution in [-0.4, -0.2) is 33.5 Å². The van der Waals surface area contributed by atoms with Crippen LogP contribution in [0.5, 0.6) is 0 Å². The molecule has 0 fully saturated rings. The molecule has 94 valence electrons. The summed E-state index contributed by atoms with van der Waals surface area (Å²) in [5.41, 5.74) is 3.35. The first kappa shape index (κ1) is 12.8. The van der Waals surface area contributed by atoms with Gasteiger partial charge in [0.2, 0.25) is 5.91 Å². The summed E-state index contributed by atoms with van der Waals surface area (Å²) in [6.45, 7) is 0. The van der Waals surface area contributed by atoms with Gasteiger partial charge < -0.3 is 10.4 Å². The smallest absolute Gasteiger partial charge is 0.313 e. The molecule has 1 aromatic carbocycles. The Labute approximate surface area is 111 Å². The van der Waals surface area contributed by atoms with E-state index < -0.39 is 5.97 Å². The van der Waals surface area contributed by atoms with Gasteiger partial charge in [0.25, 0.3) is 0 Å². The first-order chi connectivity index (χ1) is 8.65. The van der Waals surface area contributed by atoms with Gasteiger partial charge >= 0.3 is 5.97 Å². The van der Waals surface area contributed by atoms with E-state index in [0.29, 0.717) is 5.69 Å². The standard InChI is InChI=1S/C11H10N2O3S2/c14-10(4-17-5-11(15)16)13-7-1-2-8-9(3-7)18-6-12-8/h1-3,6H,4-5H2,(H,13,14)(H,15,16). The van der Waals surface area contributed by atoms with Gasteiger partial charge in [0.1, 0.15) is 0 Å². The predicted molar refractivity (Wildman–Crippen MR) is 73.2 cm³/mol. The lowest BCUT2D eigenvalue weighted by Gasteiger charge is -2.04. The summed E-state index contributed by atoms with van der Waals surface area (Å²) >= 11 is 2.58. The van der Waals surface area contributed by atoms with Crippen LogP contribution < -0.4 is 5.32 Å². The summed E-state index contributed by atoms with van der Waals surface area (Å²) in [5.74, 6) is -1.06. The Morgan fingerprint density at radius 1 is 1.39 bits per heavy atom. The van der Waals surface area contributed by atoms with Crippen LogP contribution in [0.4, 0.5) is 5.69 Å². The fourth-order valence-corrected chi connectivity index (χ4v) is 2.61. The number of nitrogens with one attached hydrogen (secondary N) is 1. The minimum Gasteiger partial charge on any atom is -0.481 e. The van der Waals surface area contributed by atoms with Crippen molar-refractivity contribution in [2.75, 3.05) is 16.8 Å². The predicted octanol–water partition coefficient (Wildman–Crippen LogP) is 2.05. The molecule has 0 unspecified atom stereocenters. The van der Waals surface area contributed by atoms with E-state index in [2.05, 4.69) is 10.3 Å². The van der Waals surface area contributed by atoms with E-state index in [4.69, 9.17) is 5.11 Å². The number of carboxylic acids is 1. The third kappa shape index (κ3) is 3.44. The molecule has 0 saturated carbocycles. The second-order valence-electron chi connectivity index (χ2n) is 3.47. The highest BCUT2D eigenvalue weighted by molar-refractivity contribution is 8.00. The SMILES string of the molecule is O=C(O)CSCC(=O)Nc1ccc2ncsc2c1. The quantitative estimate of drug-likeness (QED) is 0.877. The number of carbonyl (C=O) groups excluding carboxylic acids is 1. The number of thioether (sulfide) groups is 1. The third-order valence-corrected chi connectivity index (χ3v) is 3.78. The largest absolute Gasteiger partial charge is 0.481 e. The van der Waals surface area contributed by atoms with Crippen LogP contribution in [-0.2, 0) is 9.59 Å². The number of carboxylic acid groups (broad SMARTS) is 1. The van der Waals surface area contributed by atoms with Crippen molar-refractivity contribution in [2.45, 2.75) is 0 Å². The lowest BCUT2D eigenvalue weighted by Crippen LogP contribution is -2.15. The molecule has 1 amide bonds. The summed E-state index contributed by atoms with van der Waals surface area (Å²) in [4.78, 5) is 26.0. The molecule has 0 aliphatic heterocycles. The van der Waals surface area contributed by atoms with Crippen LogP contribution in [0.1, 0.15) is 0 Å². The monoisotopic (exact) mass is 282 g/mol. The Bertz CT molecular complexity index is 582. The fraction of sp³-hybridized carbons (Fsp3) is 0.182. The van der Waals surface area contributed by atoms with Crippen molar-refractivity contribution in [1.82, 2.24) is 4.98 Å². The van der Waals surface area contributed by atoms with Gasteiger partial charge in [-0.05, 0) is 18.2 Å². The number of aromatic nitrogens is 1. The summed E-state index contributed by atoms with van der Waals surface area (Å²) in [7, 11) is 0. The molecular weight excluding hydrogens is 272 g/mol. The molecule has 2 aromatic rings. The lowest BCUT2D eigenvalue weighted by molar-refractivity contribution is -0.133. The molecule has 0 spiro atoms. The van der Waals surface area contributed by atoms with Crippen molar-refractivity contribution in [3.8, 4) is 0 Å². The van der Waals surface area contributed by atoms with Crippen LogP contribution in [0.2, 0.25) is 0 Å². The number of rotatable bonds is 5. The lowest BCUT2D eigenvalue weighted by atomic mass is 10.3. The Hall–Kier alpha value is -1.60. The molecular formula is C11H10N2O3S2. The van der Waals surface area contributed by atoms with Gasteiger partial charge in [0, 0.05) is 5.69 Å². The molecule has 0 aliphatic rings. The Morgan fingerprint density at radius 3 is 3.00 bits per heavy atom. The molecule has 2 N–H and O–H groups in total. The van der Waals surface area contributed by atoms with Gasteiger partial charge in [0.15, 0.2) is 0 Å². The maximum atomic E-state index is 11.5. The first-order valence-corrected chi connectivity index (χ1v) is 7.11. The van der Waals surface area contributed by atoms with Crippen LogP contribution >= 0.6 is 23.1 Å². The number of benzene rings is 1.